The average molecular weight is 283 g/mol. The van der Waals surface area contributed by atoms with Crippen molar-refractivity contribution in [2.45, 2.75) is 9.24 Å². The Morgan fingerprint density at radius 2 is 2.28 bits per heavy atom. The van der Waals surface area contributed by atoms with Crippen LogP contribution >= 0.6 is 23.3 Å². The molecule has 2 rings (SSSR count). The first-order valence-electron chi connectivity index (χ1n) is 4.54. The summed E-state index contributed by atoms with van der Waals surface area (Å²) in [5, 5.41) is 19.7. The number of benzene rings is 1. The smallest absolute Gasteiger partial charge is 0.335 e. The van der Waals surface area contributed by atoms with Gasteiger partial charge >= 0.3 is 5.97 Å². The van der Waals surface area contributed by atoms with Crippen LogP contribution in [-0.4, -0.2) is 25.4 Å². The lowest BCUT2D eigenvalue weighted by Crippen LogP contribution is -1.99. The Labute approximate surface area is 109 Å². The number of aromatic carboxylic acids is 1. The third-order valence-corrected chi connectivity index (χ3v) is 3.72. The van der Waals surface area contributed by atoms with Crippen molar-refractivity contribution in [2.24, 2.45) is 0 Å². The van der Waals surface area contributed by atoms with Crippen LogP contribution in [0, 0.1) is 10.1 Å². The van der Waals surface area contributed by atoms with E-state index in [0.29, 0.717) is 9.24 Å². The molecule has 0 spiro atoms. The van der Waals surface area contributed by atoms with E-state index >= 15 is 0 Å². The van der Waals surface area contributed by atoms with Crippen LogP contribution in [0.1, 0.15) is 10.4 Å². The summed E-state index contributed by atoms with van der Waals surface area (Å²) in [5.74, 6) is -1.20. The van der Waals surface area contributed by atoms with E-state index in [1.54, 1.807) is 0 Å². The molecule has 1 heterocycles. The number of nitro groups is 1. The summed E-state index contributed by atoms with van der Waals surface area (Å²) in [6.07, 6.45) is 1.35. The Balaban J connectivity index is 2.40. The number of rotatable bonds is 4. The minimum atomic E-state index is -1.20. The van der Waals surface area contributed by atoms with Crippen molar-refractivity contribution in [3.63, 3.8) is 0 Å². The maximum Gasteiger partial charge on any atom is 0.335 e. The third-order valence-electron chi connectivity index (χ3n) is 1.94. The van der Waals surface area contributed by atoms with E-state index in [2.05, 4.69) is 9.36 Å². The van der Waals surface area contributed by atoms with Crippen LogP contribution in [0.4, 0.5) is 5.69 Å². The van der Waals surface area contributed by atoms with Gasteiger partial charge in [0.25, 0.3) is 5.69 Å². The van der Waals surface area contributed by atoms with Gasteiger partial charge in [-0.05, 0) is 23.7 Å². The molecule has 18 heavy (non-hydrogen) atoms. The summed E-state index contributed by atoms with van der Waals surface area (Å²) in [4.78, 5) is 25.3. The molecule has 0 saturated heterocycles. The van der Waals surface area contributed by atoms with Crippen molar-refractivity contribution >= 4 is 35.0 Å². The van der Waals surface area contributed by atoms with Gasteiger partial charge in [-0.25, -0.2) is 9.78 Å². The lowest BCUT2D eigenvalue weighted by atomic mass is 10.2. The fourth-order valence-electron chi connectivity index (χ4n) is 1.18. The number of carboxylic acid groups (broad SMARTS) is 1. The van der Waals surface area contributed by atoms with Crippen LogP contribution < -0.4 is 0 Å². The molecule has 0 bridgehead atoms. The number of aromatic nitrogens is 2. The van der Waals surface area contributed by atoms with Crippen molar-refractivity contribution in [3.8, 4) is 0 Å². The molecule has 1 N–H and O–H groups in total. The highest BCUT2D eigenvalue weighted by molar-refractivity contribution is 8.01. The quantitative estimate of drug-likeness (QED) is 0.677. The minimum absolute atomic E-state index is 0.122. The zero-order chi connectivity index (χ0) is 13.1. The molecule has 1 aromatic heterocycles. The lowest BCUT2D eigenvalue weighted by Gasteiger charge is -2.01. The van der Waals surface area contributed by atoms with Crippen molar-refractivity contribution in [1.29, 1.82) is 0 Å². The predicted octanol–water partition coefficient (Wildman–Crippen LogP) is 2.30. The van der Waals surface area contributed by atoms with E-state index in [1.807, 2.05) is 0 Å². The van der Waals surface area contributed by atoms with Crippen LogP contribution in [0.25, 0.3) is 0 Å². The Kier molecular flexibility index (Phi) is 3.53. The van der Waals surface area contributed by atoms with Crippen LogP contribution in [0.2, 0.25) is 0 Å². The highest BCUT2D eigenvalue weighted by Gasteiger charge is 2.18. The normalized spacial score (nSPS) is 10.2. The summed E-state index contributed by atoms with van der Waals surface area (Å²) < 4.78 is 4.34. The molecule has 92 valence electrons. The van der Waals surface area contributed by atoms with Gasteiger partial charge in [-0.15, -0.1) is 0 Å². The molecule has 0 amide bonds. The van der Waals surface area contributed by atoms with Crippen LogP contribution in [0.15, 0.2) is 33.8 Å². The zero-order valence-electron chi connectivity index (χ0n) is 8.64. The molecule has 0 aliphatic rings. The first-order chi connectivity index (χ1) is 8.58. The summed E-state index contributed by atoms with van der Waals surface area (Å²) in [5.41, 5.74) is -0.376. The first-order valence-corrected chi connectivity index (χ1v) is 6.13. The summed E-state index contributed by atoms with van der Waals surface area (Å²) in [6, 6.07) is 3.75. The minimum Gasteiger partial charge on any atom is -0.478 e. The number of hydrogen-bond donors (Lipinski definition) is 1. The molecule has 1 aromatic carbocycles. The van der Waals surface area contributed by atoms with E-state index < -0.39 is 10.9 Å². The predicted molar refractivity (Wildman–Crippen MR) is 64.1 cm³/mol. The van der Waals surface area contributed by atoms with Gasteiger partial charge in [0.05, 0.1) is 15.4 Å². The molecule has 9 heteroatoms. The van der Waals surface area contributed by atoms with Gasteiger partial charge in [-0.2, -0.15) is 4.37 Å². The zero-order valence-corrected chi connectivity index (χ0v) is 10.3. The standard InChI is InChI=1S/C9H5N3O4S2/c13-8(14)5-1-2-7(6(3-5)12(15)16)17-9-10-4-11-18-9/h1-4H,(H,13,14). The van der Waals surface area contributed by atoms with Crippen molar-refractivity contribution in [3.05, 3.63) is 40.2 Å². The largest absolute Gasteiger partial charge is 0.478 e. The lowest BCUT2D eigenvalue weighted by molar-refractivity contribution is -0.387. The molecule has 7 nitrogen and oxygen atoms in total. The van der Waals surface area contributed by atoms with Gasteiger partial charge in [-0.1, -0.05) is 11.8 Å². The molecule has 0 radical (unpaired) electrons. The highest BCUT2D eigenvalue weighted by Crippen LogP contribution is 2.35. The molecule has 0 unspecified atom stereocenters. The van der Waals surface area contributed by atoms with Gasteiger partial charge in [0, 0.05) is 6.07 Å². The monoisotopic (exact) mass is 283 g/mol. The second-order valence-corrected chi connectivity index (χ2v) is 5.12. The topological polar surface area (TPSA) is 106 Å². The van der Waals surface area contributed by atoms with E-state index in [1.165, 1.54) is 18.5 Å². The number of nitro benzene ring substituents is 1. The summed E-state index contributed by atoms with van der Waals surface area (Å²) in [6.45, 7) is 0. The van der Waals surface area contributed by atoms with Gasteiger partial charge in [0.15, 0.2) is 4.34 Å². The fraction of sp³-hybridized carbons (Fsp3) is 0. The molecule has 0 atom stereocenters. The summed E-state index contributed by atoms with van der Waals surface area (Å²) in [7, 11) is 0. The number of carbonyl (C=O) groups is 1. The Morgan fingerprint density at radius 1 is 1.50 bits per heavy atom. The molecular formula is C9H5N3O4S2. The van der Waals surface area contributed by atoms with E-state index in [0.717, 1.165) is 29.4 Å². The SMILES string of the molecule is O=C(O)c1ccc(Sc2ncns2)c([N+](=O)[O-])c1. The molecular weight excluding hydrogens is 278 g/mol. The molecule has 0 aliphatic carbocycles. The maximum absolute atomic E-state index is 10.9. The molecule has 0 saturated carbocycles. The number of carboxylic acids is 1. The van der Waals surface area contributed by atoms with Crippen molar-refractivity contribution < 1.29 is 14.8 Å². The van der Waals surface area contributed by atoms with Gasteiger partial charge in [0.2, 0.25) is 0 Å². The Hall–Kier alpha value is -2.00. The Morgan fingerprint density at radius 3 is 2.83 bits per heavy atom. The van der Waals surface area contributed by atoms with Crippen LogP contribution in [-0.2, 0) is 0 Å². The second-order valence-electron chi connectivity index (χ2n) is 3.05. The number of hydrogen-bond acceptors (Lipinski definition) is 7. The number of nitrogens with zero attached hydrogens (tertiary/aromatic N) is 3. The second kappa shape index (κ2) is 5.10. The maximum atomic E-state index is 10.9. The summed E-state index contributed by atoms with van der Waals surface area (Å²) >= 11 is 2.19. The van der Waals surface area contributed by atoms with E-state index in [4.69, 9.17) is 5.11 Å². The van der Waals surface area contributed by atoms with Gasteiger partial charge in [0.1, 0.15) is 6.33 Å². The third kappa shape index (κ3) is 2.63. The van der Waals surface area contributed by atoms with Crippen molar-refractivity contribution in [1.82, 2.24) is 9.36 Å². The average Bonchev–Trinajstić information content (AvgIpc) is 2.81. The fourth-order valence-corrected chi connectivity index (χ4v) is 2.67. The first kappa shape index (κ1) is 12.5. The Bertz CT molecular complexity index is 600. The molecule has 0 fully saturated rings. The van der Waals surface area contributed by atoms with Gasteiger partial charge in [-0.3, -0.25) is 10.1 Å². The van der Waals surface area contributed by atoms with Crippen molar-refractivity contribution in [2.75, 3.05) is 0 Å². The van der Waals surface area contributed by atoms with Crippen LogP contribution in [0.5, 0.6) is 0 Å². The highest BCUT2D eigenvalue weighted by atomic mass is 32.2. The van der Waals surface area contributed by atoms with E-state index in [-0.39, 0.29) is 11.3 Å². The van der Waals surface area contributed by atoms with Gasteiger partial charge < -0.3 is 5.11 Å². The van der Waals surface area contributed by atoms with E-state index in [9.17, 15) is 14.9 Å². The molecule has 0 aliphatic heterocycles. The van der Waals surface area contributed by atoms with Crippen LogP contribution in [0.3, 0.4) is 0 Å². The molecule has 2 aromatic rings.